The first-order valence-corrected chi connectivity index (χ1v) is 10.2. The van der Waals surface area contributed by atoms with Gasteiger partial charge in [-0.15, -0.1) is 0 Å². The summed E-state index contributed by atoms with van der Waals surface area (Å²) in [7, 11) is 3.14. The van der Waals surface area contributed by atoms with Gasteiger partial charge in [-0.2, -0.15) is 5.10 Å². The number of carbonyl (C=O) groups is 2. The van der Waals surface area contributed by atoms with Gasteiger partial charge in [0.15, 0.2) is 0 Å². The minimum Gasteiger partial charge on any atom is -0.497 e. The molecule has 8 heteroatoms. The van der Waals surface area contributed by atoms with Gasteiger partial charge in [-0.05, 0) is 30.2 Å². The molecule has 3 amide bonds. The molecule has 7 nitrogen and oxygen atoms in total. The predicted molar refractivity (Wildman–Crippen MR) is 116 cm³/mol. The highest BCUT2D eigenvalue weighted by molar-refractivity contribution is 6.03. The van der Waals surface area contributed by atoms with Crippen molar-refractivity contribution in [3.05, 3.63) is 65.5 Å². The number of likely N-dealkylation sites (N-methyl/N-ethyl adjacent to an activating group) is 1. The van der Waals surface area contributed by atoms with Gasteiger partial charge in [0.25, 0.3) is 5.91 Å². The third-order valence-corrected chi connectivity index (χ3v) is 5.10. The summed E-state index contributed by atoms with van der Waals surface area (Å²) >= 11 is 0. The second-order valence-electron chi connectivity index (χ2n) is 7.35. The van der Waals surface area contributed by atoms with E-state index >= 15 is 0 Å². The van der Waals surface area contributed by atoms with Crippen LogP contribution in [0.4, 0.5) is 9.18 Å². The van der Waals surface area contributed by atoms with Crippen LogP contribution in [0.5, 0.6) is 5.75 Å². The highest BCUT2D eigenvalue weighted by Gasteiger charge is 2.34. The van der Waals surface area contributed by atoms with Crippen LogP contribution in [0.2, 0.25) is 0 Å². The molecule has 2 aromatic carbocycles. The van der Waals surface area contributed by atoms with E-state index in [1.54, 1.807) is 32.4 Å². The molecular weight excluding hydrogens is 399 g/mol. The number of nitrogens with one attached hydrogen (secondary N) is 1. The molecule has 0 aromatic heterocycles. The fourth-order valence-electron chi connectivity index (χ4n) is 3.40. The second-order valence-corrected chi connectivity index (χ2v) is 7.35. The molecule has 1 aliphatic heterocycles. The fourth-order valence-corrected chi connectivity index (χ4v) is 3.40. The van der Waals surface area contributed by atoms with Crippen molar-refractivity contribution in [1.82, 2.24) is 15.2 Å². The molecule has 1 atom stereocenters. The van der Waals surface area contributed by atoms with Crippen molar-refractivity contribution in [2.24, 2.45) is 5.10 Å². The zero-order valence-corrected chi connectivity index (χ0v) is 18.0. The number of methoxy groups -OCH3 is 1. The largest absolute Gasteiger partial charge is 0.497 e. The van der Waals surface area contributed by atoms with Gasteiger partial charge in [-0.1, -0.05) is 37.3 Å². The van der Waals surface area contributed by atoms with Gasteiger partial charge in [-0.3, -0.25) is 4.79 Å². The minimum absolute atomic E-state index is 0.143. The van der Waals surface area contributed by atoms with Crippen LogP contribution in [0.3, 0.4) is 0 Å². The molecule has 0 radical (unpaired) electrons. The number of benzene rings is 2. The number of hydrogen-bond acceptors (Lipinski definition) is 4. The van der Waals surface area contributed by atoms with E-state index in [0.717, 1.165) is 12.0 Å². The van der Waals surface area contributed by atoms with Gasteiger partial charge >= 0.3 is 6.03 Å². The van der Waals surface area contributed by atoms with Gasteiger partial charge in [-0.25, -0.2) is 14.2 Å². The van der Waals surface area contributed by atoms with Crippen molar-refractivity contribution in [3.63, 3.8) is 0 Å². The minimum atomic E-state index is -0.403. The van der Waals surface area contributed by atoms with Crippen LogP contribution in [0, 0.1) is 5.82 Å². The second kappa shape index (κ2) is 10.1. The van der Waals surface area contributed by atoms with E-state index < -0.39 is 6.04 Å². The quantitative estimate of drug-likeness (QED) is 0.736. The summed E-state index contributed by atoms with van der Waals surface area (Å²) in [6.07, 6.45) is 1.17. The Balaban J connectivity index is 1.86. The topological polar surface area (TPSA) is 74.2 Å². The standard InChI is InChI=1S/C23H27FN4O3/c1-4-13-25-23(30)27(2)15-22(29)28-21(16-9-11-17(31-3)12-10-16)14-20(26-28)18-7-5-6-8-19(18)24/h5-12,21H,4,13-15H2,1-3H3,(H,25,30)/t21-/m0/s1. The van der Waals surface area contributed by atoms with Crippen molar-refractivity contribution < 1.29 is 18.7 Å². The van der Waals surface area contributed by atoms with Crippen LogP contribution in [0.1, 0.15) is 36.9 Å². The van der Waals surface area contributed by atoms with Gasteiger partial charge < -0.3 is 15.0 Å². The summed E-state index contributed by atoms with van der Waals surface area (Å²) in [5.74, 6) is -0.0383. The normalized spacial score (nSPS) is 15.4. The first-order valence-electron chi connectivity index (χ1n) is 10.2. The van der Waals surface area contributed by atoms with Crippen molar-refractivity contribution in [3.8, 4) is 5.75 Å². The molecule has 1 aliphatic rings. The summed E-state index contributed by atoms with van der Waals surface area (Å²) in [6.45, 7) is 2.34. The van der Waals surface area contributed by atoms with Crippen LogP contribution < -0.4 is 10.1 Å². The lowest BCUT2D eigenvalue weighted by atomic mass is 9.98. The first kappa shape index (κ1) is 22.3. The average Bonchev–Trinajstić information content (AvgIpc) is 3.23. The molecule has 0 unspecified atom stereocenters. The molecule has 0 fully saturated rings. The Morgan fingerprint density at radius 1 is 1.23 bits per heavy atom. The van der Waals surface area contributed by atoms with Crippen LogP contribution in [0.25, 0.3) is 0 Å². The van der Waals surface area contributed by atoms with Gasteiger partial charge in [0.1, 0.15) is 18.1 Å². The number of amides is 3. The average molecular weight is 426 g/mol. The Hall–Kier alpha value is -3.42. The number of rotatable bonds is 7. The first-order chi connectivity index (χ1) is 14.9. The number of carbonyl (C=O) groups excluding carboxylic acids is 2. The zero-order chi connectivity index (χ0) is 22.4. The van der Waals surface area contributed by atoms with Crippen molar-refractivity contribution in [2.45, 2.75) is 25.8 Å². The maximum absolute atomic E-state index is 14.4. The lowest BCUT2D eigenvalue weighted by molar-refractivity contribution is -0.133. The Morgan fingerprint density at radius 2 is 1.94 bits per heavy atom. The third-order valence-electron chi connectivity index (χ3n) is 5.10. The maximum atomic E-state index is 14.4. The van der Waals surface area contributed by atoms with E-state index in [-0.39, 0.29) is 24.3 Å². The van der Waals surface area contributed by atoms with Gasteiger partial charge in [0.2, 0.25) is 0 Å². The van der Waals surface area contributed by atoms with Crippen molar-refractivity contribution in [1.29, 1.82) is 0 Å². The van der Waals surface area contributed by atoms with Crippen LogP contribution in [-0.2, 0) is 4.79 Å². The number of urea groups is 1. The van der Waals surface area contributed by atoms with Crippen molar-refractivity contribution >= 4 is 17.6 Å². The Morgan fingerprint density at radius 3 is 2.58 bits per heavy atom. The summed E-state index contributed by atoms with van der Waals surface area (Å²) in [5.41, 5.74) is 1.71. The number of ether oxygens (including phenoxy) is 1. The maximum Gasteiger partial charge on any atom is 0.317 e. The SMILES string of the molecule is CCCNC(=O)N(C)CC(=O)N1N=C(c2ccccc2F)C[C@H]1c1ccc(OC)cc1. The van der Waals surface area contributed by atoms with E-state index in [1.807, 2.05) is 31.2 Å². The highest BCUT2D eigenvalue weighted by Crippen LogP contribution is 2.34. The Bertz CT molecular complexity index is 962. The zero-order valence-electron chi connectivity index (χ0n) is 18.0. The molecule has 0 saturated heterocycles. The summed E-state index contributed by atoms with van der Waals surface area (Å²) in [4.78, 5) is 26.6. The molecule has 0 bridgehead atoms. The smallest absolute Gasteiger partial charge is 0.317 e. The Labute approximate surface area is 181 Å². The predicted octanol–water partition coefficient (Wildman–Crippen LogP) is 3.56. The molecule has 0 saturated carbocycles. The van der Waals surface area contributed by atoms with Crippen LogP contribution in [-0.4, -0.2) is 54.8 Å². The molecule has 31 heavy (non-hydrogen) atoms. The van der Waals surface area contributed by atoms with Crippen molar-refractivity contribution in [2.75, 3.05) is 27.2 Å². The number of nitrogens with zero attached hydrogens (tertiary/aromatic N) is 3. The van der Waals surface area contributed by atoms with Crippen LogP contribution in [0.15, 0.2) is 53.6 Å². The molecule has 0 spiro atoms. The van der Waals surface area contributed by atoms with Gasteiger partial charge in [0.05, 0.1) is 18.9 Å². The van der Waals surface area contributed by atoms with E-state index in [9.17, 15) is 14.0 Å². The lowest BCUT2D eigenvalue weighted by Gasteiger charge is -2.25. The molecule has 164 valence electrons. The monoisotopic (exact) mass is 426 g/mol. The Kier molecular flexibility index (Phi) is 7.23. The number of hydrazone groups is 1. The summed E-state index contributed by atoms with van der Waals surface area (Å²) in [6, 6.07) is 13.0. The number of halogens is 1. The fraction of sp³-hybridized carbons (Fsp3) is 0.348. The van der Waals surface area contributed by atoms with Crippen LogP contribution >= 0.6 is 0 Å². The lowest BCUT2D eigenvalue weighted by Crippen LogP contribution is -2.43. The van der Waals surface area contributed by atoms with Gasteiger partial charge in [0, 0.05) is 25.6 Å². The number of hydrogen-bond donors (Lipinski definition) is 1. The van der Waals surface area contributed by atoms with E-state index in [1.165, 1.54) is 16.0 Å². The highest BCUT2D eigenvalue weighted by atomic mass is 19.1. The van der Waals surface area contributed by atoms with E-state index in [2.05, 4.69) is 10.4 Å². The molecule has 0 aliphatic carbocycles. The van der Waals surface area contributed by atoms with E-state index in [0.29, 0.717) is 30.0 Å². The summed E-state index contributed by atoms with van der Waals surface area (Å²) in [5, 5.41) is 8.56. The molecule has 3 rings (SSSR count). The molecule has 1 heterocycles. The van der Waals surface area contributed by atoms with E-state index in [4.69, 9.17) is 4.74 Å². The summed E-state index contributed by atoms with van der Waals surface area (Å²) < 4.78 is 19.6. The third kappa shape index (κ3) is 5.20. The molecular formula is C23H27FN4O3. The molecule has 1 N–H and O–H groups in total. The molecule has 2 aromatic rings.